The summed E-state index contributed by atoms with van der Waals surface area (Å²) in [6, 6.07) is 20.2. The summed E-state index contributed by atoms with van der Waals surface area (Å²) < 4.78 is 0. The maximum Gasteiger partial charge on any atom is 0.127 e. The van der Waals surface area contributed by atoms with Crippen LogP contribution in [0.5, 0.6) is 0 Å². The second-order valence-electron chi connectivity index (χ2n) is 4.02. The van der Waals surface area contributed by atoms with Gasteiger partial charge in [0.05, 0.1) is 5.69 Å². The second-order valence-corrected chi connectivity index (χ2v) is 4.02. The highest BCUT2D eigenvalue weighted by Crippen LogP contribution is 2.23. The van der Waals surface area contributed by atoms with Gasteiger partial charge in [0.2, 0.25) is 0 Å². The average molecular weight is 235 g/mol. The van der Waals surface area contributed by atoms with Crippen LogP contribution in [0.3, 0.4) is 0 Å². The standard InChI is InChI=1S/C16H13NO/c1-3-7-14(8-4-1)15-11-12-17(18-13-15)16-9-5-2-6-10-16/h1-13H. The number of benzene rings is 2. The van der Waals surface area contributed by atoms with Crippen molar-refractivity contribution in [3.8, 4) is 0 Å². The van der Waals surface area contributed by atoms with Crippen LogP contribution in [0, 0.1) is 0 Å². The van der Waals surface area contributed by atoms with Crippen LogP contribution in [0.2, 0.25) is 0 Å². The molecule has 18 heavy (non-hydrogen) atoms. The van der Waals surface area contributed by atoms with Crippen LogP contribution >= 0.6 is 0 Å². The topological polar surface area (TPSA) is 12.5 Å². The molecule has 0 N–H and O–H groups in total. The molecule has 0 bridgehead atoms. The second kappa shape index (κ2) is 4.80. The van der Waals surface area contributed by atoms with Crippen molar-refractivity contribution in [1.82, 2.24) is 0 Å². The summed E-state index contributed by atoms with van der Waals surface area (Å²) >= 11 is 0. The van der Waals surface area contributed by atoms with E-state index in [-0.39, 0.29) is 0 Å². The molecule has 0 unspecified atom stereocenters. The predicted molar refractivity (Wildman–Crippen MR) is 73.6 cm³/mol. The van der Waals surface area contributed by atoms with Crippen molar-refractivity contribution in [1.29, 1.82) is 0 Å². The first-order valence-corrected chi connectivity index (χ1v) is 5.88. The summed E-state index contributed by atoms with van der Waals surface area (Å²) in [4.78, 5) is 5.62. The Bertz CT molecular complexity index is 573. The first kappa shape index (κ1) is 10.7. The van der Waals surface area contributed by atoms with Crippen LogP contribution in [0.4, 0.5) is 5.69 Å². The van der Waals surface area contributed by atoms with E-state index in [4.69, 9.17) is 4.84 Å². The zero-order valence-corrected chi connectivity index (χ0v) is 9.86. The summed E-state index contributed by atoms with van der Waals surface area (Å²) in [5, 5.41) is 1.74. The third-order valence-electron chi connectivity index (χ3n) is 2.80. The van der Waals surface area contributed by atoms with E-state index in [0.717, 1.165) is 16.8 Å². The van der Waals surface area contributed by atoms with E-state index >= 15 is 0 Å². The molecular formula is C16H13NO. The monoisotopic (exact) mass is 235 g/mol. The quantitative estimate of drug-likeness (QED) is 0.780. The summed E-state index contributed by atoms with van der Waals surface area (Å²) in [6.07, 6.45) is 5.74. The van der Waals surface area contributed by atoms with Crippen molar-refractivity contribution in [2.24, 2.45) is 0 Å². The molecule has 2 nitrogen and oxygen atoms in total. The number of hydroxylamine groups is 1. The third kappa shape index (κ3) is 2.13. The van der Waals surface area contributed by atoms with Crippen molar-refractivity contribution in [2.75, 3.05) is 5.06 Å². The molecule has 88 valence electrons. The minimum atomic E-state index is 1.01. The molecule has 0 radical (unpaired) electrons. The number of nitrogens with zero attached hydrogens (tertiary/aromatic N) is 1. The summed E-state index contributed by atoms with van der Waals surface area (Å²) in [5.41, 5.74) is 3.24. The van der Waals surface area contributed by atoms with Crippen LogP contribution in [0.1, 0.15) is 5.56 Å². The van der Waals surface area contributed by atoms with E-state index in [1.165, 1.54) is 0 Å². The largest absolute Gasteiger partial charge is 0.382 e. The highest BCUT2D eigenvalue weighted by atomic mass is 16.7. The van der Waals surface area contributed by atoms with Gasteiger partial charge in [0.1, 0.15) is 6.26 Å². The van der Waals surface area contributed by atoms with Gasteiger partial charge in [-0.2, -0.15) is 5.06 Å². The molecule has 0 fully saturated rings. The van der Waals surface area contributed by atoms with Gasteiger partial charge in [0, 0.05) is 11.8 Å². The normalized spacial score (nSPS) is 14.0. The van der Waals surface area contributed by atoms with Gasteiger partial charge in [0.15, 0.2) is 0 Å². The number of rotatable bonds is 2. The first-order chi connectivity index (χ1) is 8.93. The lowest BCUT2D eigenvalue weighted by molar-refractivity contribution is 0.248. The SMILES string of the molecule is C1=CN(c2ccccc2)OC=C1c1ccccc1. The molecule has 2 aromatic carbocycles. The fourth-order valence-corrected chi connectivity index (χ4v) is 1.85. The van der Waals surface area contributed by atoms with Crippen molar-refractivity contribution >= 4 is 11.3 Å². The molecule has 3 rings (SSSR count). The first-order valence-electron chi connectivity index (χ1n) is 5.88. The minimum Gasteiger partial charge on any atom is -0.382 e. The number of anilines is 1. The Morgan fingerprint density at radius 1 is 0.778 bits per heavy atom. The Labute approximate surface area is 106 Å². The van der Waals surface area contributed by atoms with E-state index in [1.807, 2.05) is 60.8 Å². The van der Waals surface area contributed by atoms with Gasteiger partial charge in [-0.3, -0.25) is 0 Å². The van der Waals surface area contributed by atoms with E-state index in [1.54, 1.807) is 11.3 Å². The van der Waals surface area contributed by atoms with Crippen molar-refractivity contribution < 1.29 is 4.84 Å². The van der Waals surface area contributed by atoms with Gasteiger partial charge in [-0.25, -0.2) is 0 Å². The Morgan fingerprint density at radius 2 is 1.44 bits per heavy atom. The van der Waals surface area contributed by atoms with Gasteiger partial charge in [-0.15, -0.1) is 0 Å². The molecule has 1 heterocycles. The molecule has 0 saturated heterocycles. The minimum absolute atomic E-state index is 1.01. The molecule has 0 amide bonds. The van der Waals surface area contributed by atoms with Crippen molar-refractivity contribution in [3.63, 3.8) is 0 Å². The zero-order chi connectivity index (χ0) is 12.2. The number of allylic oxidation sites excluding steroid dienone is 2. The lowest BCUT2D eigenvalue weighted by Gasteiger charge is -2.22. The van der Waals surface area contributed by atoms with Gasteiger partial charge < -0.3 is 4.84 Å². The molecule has 0 aliphatic carbocycles. The molecule has 0 saturated carbocycles. The molecular weight excluding hydrogens is 222 g/mol. The predicted octanol–water partition coefficient (Wildman–Crippen LogP) is 3.99. The number of hydrogen-bond donors (Lipinski definition) is 0. The van der Waals surface area contributed by atoms with Gasteiger partial charge in [0.25, 0.3) is 0 Å². The Kier molecular flexibility index (Phi) is 2.84. The zero-order valence-electron chi connectivity index (χ0n) is 9.86. The van der Waals surface area contributed by atoms with Gasteiger partial charge in [-0.05, 0) is 23.8 Å². The van der Waals surface area contributed by atoms with Crippen LogP contribution in [0.15, 0.2) is 79.2 Å². The fraction of sp³-hybridized carbons (Fsp3) is 0. The highest BCUT2D eigenvalue weighted by Gasteiger charge is 2.08. The van der Waals surface area contributed by atoms with Crippen molar-refractivity contribution in [3.05, 3.63) is 84.8 Å². The van der Waals surface area contributed by atoms with Crippen LogP contribution < -0.4 is 5.06 Å². The van der Waals surface area contributed by atoms with Crippen LogP contribution in [-0.4, -0.2) is 0 Å². The number of para-hydroxylation sites is 1. The Morgan fingerprint density at radius 3 is 2.06 bits per heavy atom. The Balaban J connectivity index is 1.79. The van der Waals surface area contributed by atoms with Crippen LogP contribution in [-0.2, 0) is 4.84 Å². The van der Waals surface area contributed by atoms with E-state index < -0.39 is 0 Å². The molecule has 1 aliphatic rings. The Hall–Kier alpha value is -2.48. The smallest absolute Gasteiger partial charge is 0.127 e. The number of hydrogen-bond acceptors (Lipinski definition) is 2. The van der Waals surface area contributed by atoms with E-state index in [0.29, 0.717) is 0 Å². The molecule has 0 spiro atoms. The highest BCUT2D eigenvalue weighted by molar-refractivity contribution is 5.74. The molecule has 2 aromatic rings. The molecule has 1 aliphatic heterocycles. The van der Waals surface area contributed by atoms with Gasteiger partial charge >= 0.3 is 0 Å². The van der Waals surface area contributed by atoms with Crippen LogP contribution in [0.25, 0.3) is 5.57 Å². The maximum absolute atomic E-state index is 5.62. The van der Waals surface area contributed by atoms with E-state index in [9.17, 15) is 0 Å². The summed E-state index contributed by atoms with van der Waals surface area (Å²) in [7, 11) is 0. The van der Waals surface area contributed by atoms with E-state index in [2.05, 4.69) is 12.1 Å². The lowest BCUT2D eigenvalue weighted by atomic mass is 10.1. The summed E-state index contributed by atoms with van der Waals surface area (Å²) in [5.74, 6) is 0. The molecule has 2 heteroatoms. The van der Waals surface area contributed by atoms with Crippen molar-refractivity contribution in [2.45, 2.75) is 0 Å². The van der Waals surface area contributed by atoms with Gasteiger partial charge in [-0.1, -0.05) is 48.5 Å². The fourth-order valence-electron chi connectivity index (χ4n) is 1.85. The average Bonchev–Trinajstić information content (AvgIpc) is 2.49. The molecule has 0 aromatic heterocycles. The maximum atomic E-state index is 5.62. The third-order valence-corrected chi connectivity index (χ3v) is 2.80. The lowest BCUT2D eigenvalue weighted by Crippen LogP contribution is -2.15. The molecule has 0 atom stereocenters. The summed E-state index contributed by atoms with van der Waals surface area (Å²) in [6.45, 7) is 0.